The lowest BCUT2D eigenvalue weighted by Crippen LogP contribution is -2.26. The molecule has 0 bridgehead atoms. The van der Waals surface area contributed by atoms with E-state index in [1.165, 1.54) is 4.52 Å². The van der Waals surface area contributed by atoms with Crippen LogP contribution in [-0.2, 0) is 0 Å². The van der Waals surface area contributed by atoms with Gasteiger partial charge in [-0.1, -0.05) is 61.6 Å². The summed E-state index contributed by atoms with van der Waals surface area (Å²) in [7, 11) is 1.58. The highest BCUT2D eigenvalue weighted by molar-refractivity contribution is 7.15. The van der Waals surface area contributed by atoms with Crippen molar-refractivity contribution in [3.05, 3.63) is 79.3 Å². The zero-order valence-corrected chi connectivity index (χ0v) is 18.9. The van der Waals surface area contributed by atoms with Gasteiger partial charge in [0.25, 0.3) is 5.56 Å². The molecule has 0 unspecified atom stereocenters. The van der Waals surface area contributed by atoms with Crippen LogP contribution >= 0.6 is 11.3 Å². The third-order valence-electron chi connectivity index (χ3n) is 4.87. The van der Waals surface area contributed by atoms with E-state index >= 15 is 0 Å². The molecule has 0 fully saturated rings. The normalized spacial score (nSPS) is 11.9. The van der Waals surface area contributed by atoms with Gasteiger partial charge in [0.15, 0.2) is 17.2 Å². The predicted octanol–water partition coefficient (Wildman–Crippen LogP) is 3.16. The van der Waals surface area contributed by atoms with Gasteiger partial charge >= 0.3 is 5.56 Å². The molecule has 0 aliphatic heterocycles. The van der Waals surface area contributed by atoms with Gasteiger partial charge in [-0.25, -0.2) is 0 Å². The Hall–Kier alpha value is -3.52. The van der Waals surface area contributed by atoms with Crippen LogP contribution in [0.4, 0.5) is 0 Å². The fourth-order valence-corrected chi connectivity index (χ4v) is 4.04. The highest BCUT2D eigenvalue weighted by Crippen LogP contribution is 2.28. The number of methoxy groups -OCH3 is 1. The maximum absolute atomic E-state index is 12.9. The molecule has 0 saturated heterocycles. The van der Waals surface area contributed by atoms with E-state index in [4.69, 9.17) is 9.47 Å². The Morgan fingerprint density at radius 3 is 2.59 bits per heavy atom. The van der Waals surface area contributed by atoms with E-state index in [0.717, 1.165) is 23.3 Å². The highest BCUT2D eigenvalue weighted by Gasteiger charge is 2.13. The molecule has 0 N–H and O–H groups in total. The minimum Gasteiger partial charge on any atom is -0.493 e. The van der Waals surface area contributed by atoms with Crippen molar-refractivity contribution in [3.63, 3.8) is 0 Å². The van der Waals surface area contributed by atoms with Crippen molar-refractivity contribution in [3.8, 4) is 22.8 Å². The third kappa shape index (κ3) is 4.55. The van der Waals surface area contributed by atoms with Crippen molar-refractivity contribution in [1.82, 2.24) is 14.6 Å². The summed E-state index contributed by atoms with van der Waals surface area (Å²) in [4.78, 5) is 29.7. The summed E-state index contributed by atoms with van der Waals surface area (Å²) in [5.41, 5.74) is 0.745. The van der Waals surface area contributed by atoms with Crippen LogP contribution in [0.2, 0.25) is 0 Å². The van der Waals surface area contributed by atoms with Crippen molar-refractivity contribution < 1.29 is 9.47 Å². The van der Waals surface area contributed by atoms with Gasteiger partial charge in [0, 0.05) is 5.56 Å². The number of hydrogen-bond donors (Lipinski definition) is 0. The zero-order chi connectivity index (χ0) is 22.7. The SMILES string of the molecule is COc1cc(/C=c2\sc3nc(=O)c(-c4ccccc4)nn3c2=O)ccc1OCCC(C)C. The van der Waals surface area contributed by atoms with E-state index in [1.54, 1.807) is 37.5 Å². The van der Waals surface area contributed by atoms with Crippen LogP contribution in [-0.4, -0.2) is 28.3 Å². The van der Waals surface area contributed by atoms with Crippen LogP contribution in [0.1, 0.15) is 25.8 Å². The number of hydrogen-bond acceptors (Lipinski definition) is 7. The second-order valence-electron chi connectivity index (χ2n) is 7.68. The van der Waals surface area contributed by atoms with E-state index in [-0.39, 0.29) is 16.2 Å². The van der Waals surface area contributed by atoms with E-state index in [1.807, 2.05) is 24.3 Å². The number of fused-ring (bicyclic) bond motifs is 1. The van der Waals surface area contributed by atoms with Crippen LogP contribution in [0, 0.1) is 5.92 Å². The molecule has 0 amide bonds. The minimum absolute atomic E-state index is 0.147. The zero-order valence-electron chi connectivity index (χ0n) is 18.1. The molecule has 2 heterocycles. The van der Waals surface area contributed by atoms with E-state index in [9.17, 15) is 9.59 Å². The molecular formula is C24H23N3O4S. The van der Waals surface area contributed by atoms with Gasteiger partial charge in [-0.3, -0.25) is 9.59 Å². The number of ether oxygens (including phenoxy) is 2. The molecular weight excluding hydrogens is 426 g/mol. The van der Waals surface area contributed by atoms with Gasteiger partial charge in [-0.15, -0.1) is 0 Å². The van der Waals surface area contributed by atoms with E-state index in [0.29, 0.717) is 34.1 Å². The van der Waals surface area contributed by atoms with Crippen LogP contribution < -0.4 is 25.1 Å². The Balaban J connectivity index is 1.72. The Morgan fingerprint density at radius 2 is 1.88 bits per heavy atom. The van der Waals surface area contributed by atoms with Gasteiger partial charge < -0.3 is 9.47 Å². The molecule has 0 saturated carbocycles. The molecule has 32 heavy (non-hydrogen) atoms. The summed E-state index contributed by atoms with van der Waals surface area (Å²) >= 11 is 1.12. The lowest BCUT2D eigenvalue weighted by atomic mass is 10.1. The minimum atomic E-state index is -0.464. The molecule has 8 heteroatoms. The van der Waals surface area contributed by atoms with Gasteiger partial charge in [0.2, 0.25) is 4.96 Å². The molecule has 164 valence electrons. The molecule has 0 spiro atoms. The topological polar surface area (TPSA) is 82.8 Å². The average Bonchev–Trinajstić information content (AvgIpc) is 3.08. The van der Waals surface area contributed by atoms with Crippen LogP contribution in [0.15, 0.2) is 58.1 Å². The van der Waals surface area contributed by atoms with E-state index in [2.05, 4.69) is 23.9 Å². The summed E-state index contributed by atoms with van der Waals surface area (Å²) in [6.07, 6.45) is 2.68. The van der Waals surface area contributed by atoms with Crippen molar-refractivity contribution in [1.29, 1.82) is 0 Å². The molecule has 0 atom stereocenters. The molecule has 7 nitrogen and oxygen atoms in total. The Bertz CT molecular complexity index is 1410. The van der Waals surface area contributed by atoms with Gasteiger partial charge in [0.1, 0.15) is 0 Å². The number of aromatic nitrogens is 3. The summed E-state index contributed by atoms with van der Waals surface area (Å²) < 4.78 is 12.9. The Labute approximate surface area is 188 Å². The van der Waals surface area contributed by atoms with Crippen molar-refractivity contribution in [2.24, 2.45) is 5.92 Å². The number of nitrogens with zero attached hydrogens (tertiary/aromatic N) is 3. The second-order valence-corrected chi connectivity index (χ2v) is 8.69. The Kier molecular flexibility index (Phi) is 6.32. The molecule has 0 aliphatic rings. The largest absolute Gasteiger partial charge is 0.493 e. The first-order valence-electron chi connectivity index (χ1n) is 10.3. The lowest BCUT2D eigenvalue weighted by molar-refractivity contribution is 0.273. The average molecular weight is 450 g/mol. The number of benzene rings is 2. The van der Waals surface area contributed by atoms with Gasteiger partial charge in [0.05, 0.1) is 18.2 Å². The van der Waals surface area contributed by atoms with Gasteiger partial charge in [-0.05, 0) is 36.1 Å². The molecule has 4 aromatic rings. The summed E-state index contributed by atoms with van der Waals surface area (Å²) in [5.74, 6) is 1.80. The second kappa shape index (κ2) is 9.32. The quantitative estimate of drug-likeness (QED) is 0.431. The van der Waals surface area contributed by atoms with Crippen molar-refractivity contribution in [2.75, 3.05) is 13.7 Å². The maximum Gasteiger partial charge on any atom is 0.300 e. The van der Waals surface area contributed by atoms with Crippen molar-refractivity contribution in [2.45, 2.75) is 20.3 Å². The van der Waals surface area contributed by atoms with Gasteiger partial charge in [-0.2, -0.15) is 14.6 Å². The number of rotatable bonds is 7. The maximum atomic E-state index is 12.9. The molecule has 0 radical (unpaired) electrons. The van der Waals surface area contributed by atoms with Crippen LogP contribution in [0.3, 0.4) is 0 Å². The first kappa shape index (κ1) is 21.7. The fraction of sp³-hybridized carbons (Fsp3) is 0.250. The third-order valence-corrected chi connectivity index (χ3v) is 5.83. The Morgan fingerprint density at radius 1 is 1.09 bits per heavy atom. The molecule has 4 rings (SSSR count). The van der Waals surface area contributed by atoms with Crippen molar-refractivity contribution >= 4 is 22.4 Å². The smallest absolute Gasteiger partial charge is 0.300 e. The summed E-state index contributed by atoms with van der Waals surface area (Å²) in [5, 5.41) is 4.28. The predicted molar refractivity (Wildman–Crippen MR) is 126 cm³/mol. The van der Waals surface area contributed by atoms with E-state index < -0.39 is 5.56 Å². The monoisotopic (exact) mass is 449 g/mol. The summed E-state index contributed by atoms with van der Waals surface area (Å²) in [6.45, 7) is 4.89. The summed E-state index contributed by atoms with van der Waals surface area (Å²) in [6, 6.07) is 14.5. The molecule has 2 aromatic heterocycles. The standard InChI is InChI=1S/C24H23N3O4S/c1-15(2)11-12-31-18-10-9-16(13-19(18)30-3)14-20-23(29)27-24(32-20)25-22(28)21(26-27)17-7-5-4-6-8-17/h4-10,13-15H,11-12H2,1-3H3/b20-14-. The number of thiazole rings is 1. The van der Waals surface area contributed by atoms with Crippen LogP contribution in [0.25, 0.3) is 22.3 Å². The first-order chi connectivity index (χ1) is 15.5. The first-order valence-corrected chi connectivity index (χ1v) is 11.1. The molecule has 0 aliphatic carbocycles. The lowest BCUT2D eigenvalue weighted by Gasteiger charge is -2.12. The highest BCUT2D eigenvalue weighted by atomic mass is 32.1. The molecule has 2 aromatic carbocycles. The van der Waals surface area contributed by atoms with Crippen LogP contribution in [0.5, 0.6) is 11.5 Å². The fourth-order valence-electron chi connectivity index (χ4n) is 3.14.